The molecule has 1 heterocycles. The molecular weight excluding hydrogens is 318 g/mol. The molecule has 1 aromatic carbocycles. The van der Waals surface area contributed by atoms with Crippen molar-refractivity contribution in [1.82, 2.24) is 15.5 Å². The van der Waals surface area contributed by atoms with E-state index in [4.69, 9.17) is 4.74 Å². The SMILES string of the molecule is CCc1[nH]nc(C(=O)NC[C@H]2CC[C@@H](Oc3ccccc3)[C@@H]2O)c1C. The second kappa shape index (κ2) is 7.70. The topological polar surface area (TPSA) is 87.2 Å². The molecule has 1 aromatic heterocycles. The van der Waals surface area contributed by atoms with Gasteiger partial charge in [0.25, 0.3) is 5.91 Å². The summed E-state index contributed by atoms with van der Waals surface area (Å²) in [5.41, 5.74) is 2.29. The summed E-state index contributed by atoms with van der Waals surface area (Å²) >= 11 is 0. The van der Waals surface area contributed by atoms with Gasteiger partial charge in [0.2, 0.25) is 0 Å². The van der Waals surface area contributed by atoms with Crippen molar-refractivity contribution in [2.24, 2.45) is 5.92 Å². The number of nitrogens with zero attached hydrogens (tertiary/aromatic N) is 1. The fourth-order valence-electron chi connectivity index (χ4n) is 3.36. The van der Waals surface area contributed by atoms with Crippen molar-refractivity contribution < 1.29 is 14.6 Å². The number of carbonyl (C=O) groups is 1. The Balaban J connectivity index is 1.53. The summed E-state index contributed by atoms with van der Waals surface area (Å²) in [7, 11) is 0. The van der Waals surface area contributed by atoms with Crippen LogP contribution < -0.4 is 10.1 Å². The van der Waals surface area contributed by atoms with Crippen LogP contribution in [-0.4, -0.2) is 40.0 Å². The molecule has 6 nitrogen and oxygen atoms in total. The first-order chi connectivity index (χ1) is 12.1. The highest BCUT2D eigenvalue weighted by atomic mass is 16.5. The maximum atomic E-state index is 12.3. The fraction of sp³-hybridized carbons (Fsp3) is 0.474. The van der Waals surface area contributed by atoms with Crippen LogP contribution in [0.25, 0.3) is 0 Å². The lowest BCUT2D eigenvalue weighted by Gasteiger charge is -2.21. The molecule has 3 N–H and O–H groups in total. The zero-order valence-corrected chi connectivity index (χ0v) is 14.7. The zero-order chi connectivity index (χ0) is 17.8. The molecule has 0 aliphatic heterocycles. The van der Waals surface area contributed by atoms with E-state index >= 15 is 0 Å². The van der Waals surface area contributed by atoms with Crippen molar-refractivity contribution in [2.75, 3.05) is 6.54 Å². The maximum Gasteiger partial charge on any atom is 0.272 e. The quantitative estimate of drug-likeness (QED) is 0.750. The second-order valence-corrected chi connectivity index (χ2v) is 6.54. The van der Waals surface area contributed by atoms with Crippen LogP contribution in [0.2, 0.25) is 0 Å². The van der Waals surface area contributed by atoms with E-state index in [1.54, 1.807) is 0 Å². The molecule has 134 valence electrons. The number of rotatable bonds is 6. The Morgan fingerprint density at radius 1 is 1.36 bits per heavy atom. The third kappa shape index (κ3) is 3.85. The molecule has 1 aliphatic carbocycles. The van der Waals surface area contributed by atoms with Crippen LogP contribution in [-0.2, 0) is 6.42 Å². The van der Waals surface area contributed by atoms with Gasteiger partial charge < -0.3 is 15.2 Å². The molecule has 1 aliphatic rings. The molecule has 0 spiro atoms. The minimum atomic E-state index is -0.591. The fourth-order valence-corrected chi connectivity index (χ4v) is 3.36. The zero-order valence-electron chi connectivity index (χ0n) is 14.7. The van der Waals surface area contributed by atoms with E-state index in [1.807, 2.05) is 44.2 Å². The third-order valence-corrected chi connectivity index (χ3v) is 4.92. The minimum absolute atomic E-state index is 0.0115. The van der Waals surface area contributed by atoms with Gasteiger partial charge in [-0.15, -0.1) is 0 Å². The average molecular weight is 343 g/mol. The summed E-state index contributed by atoms with van der Waals surface area (Å²) in [6, 6.07) is 9.51. The molecule has 0 bridgehead atoms. The predicted molar refractivity (Wildman–Crippen MR) is 94.6 cm³/mol. The maximum absolute atomic E-state index is 12.3. The number of amides is 1. The van der Waals surface area contributed by atoms with Gasteiger partial charge in [-0.1, -0.05) is 25.1 Å². The van der Waals surface area contributed by atoms with Gasteiger partial charge in [-0.3, -0.25) is 9.89 Å². The van der Waals surface area contributed by atoms with Crippen LogP contribution in [0.3, 0.4) is 0 Å². The number of hydrogen-bond donors (Lipinski definition) is 3. The van der Waals surface area contributed by atoms with E-state index < -0.39 is 6.10 Å². The number of ether oxygens (including phenoxy) is 1. The van der Waals surface area contributed by atoms with Crippen molar-refractivity contribution in [3.63, 3.8) is 0 Å². The van der Waals surface area contributed by atoms with Crippen molar-refractivity contribution in [3.05, 3.63) is 47.3 Å². The first-order valence-electron chi connectivity index (χ1n) is 8.82. The van der Waals surface area contributed by atoms with E-state index in [-0.39, 0.29) is 17.9 Å². The third-order valence-electron chi connectivity index (χ3n) is 4.92. The standard InChI is InChI=1S/C19H25N3O3/c1-3-15-12(2)17(22-21-15)19(24)20-11-13-9-10-16(18(13)23)25-14-7-5-4-6-8-14/h4-8,13,16,18,23H,3,9-11H2,1-2H3,(H,20,24)(H,21,22)/t13-,16-,18-/m1/s1. The number of aliphatic hydroxyl groups is 1. The molecule has 0 saturated heterocycles. The molecule has 6 heteroatoms. The highest BCUT2D eigenvalue weighted by Crippen LogP contribution is 2.29. The van der Waals surface area contributed by atoms with Crippen molar-refractivity contribution in [1.29, 1.82) is 0 Å². The van der Waals surface area contributed by atoms with Gasteiger partial charge in [-0.25, -0.2) is 0 Å². The first kappa shape index (κ1) is 17.5. The summed E-state index contributed by atoms with van der Waals surface area (Å²) in [5.74, 6) is 0.547. The molecule has 1 amide bonds. The van der Waals surface area contributed by atoms with Gasteiger partial charge >= 0.3 is 0 Å². The number of aromatic nitrogens is 2. The summed E-state index contributed by atoms with van der Waals surface area (Å²) in [5, 5.41) is 20.4. The molecule has 1 saturated carbocycles. The summed E-state index contributed by atoms with van der Waals surface area (Å²) in [6.07, 6.45) is 1.58. The van der Waals surface area contributed by atoms with Crippen molar-refractivity contribution >= 4 is 5.91 Å². The largest absolute Gasteiger partial charge is 0.488 e. The predicted octanol–water partition coefficient (Wildman–Crippen LogP) is 2.23. The summed E-state index contributed by atoms with van der Waals surface area (Å²) < 4.78 is 5.87. The number of aromatic amines is 1. The Morgan fingerprint density at radius 2 is 2.12 bits per heavy atom. The highest BCUT2D eigenvalue weighted by Gasteiger charge is 2.36. The Labute approximate surface area is 147 Å². The molecule has 0 radical (unpaired) electrons. The van der Waals surface area contributed by atoms with Crippen molar-refractivity contribution in [3.8, 4) is 5.75 Å². The summed E-state index contributed by atoms with van der Waals surface area (Å²) in [6.45, 7) is 4.33. The lowest BCUT2D eigenvalue weighted by Crippen LogP contribution is -2.37. The average Bonchev–Trinajstić information content (AvgIpc) is 3.17. The Hall–Kier alpha value is -2.34. The first-order valence-corrected chi connectivity index (χ1v) is 8.82. The van der Waals surface area contributed by atoms with Gasteiger partial charge in [0, 0.05) is 23.7 Å². The van der Waals surface area contributed by atoms with Gasteiger partial charge in [-0.05, 0) is 38.3 Å². The van der Waals surface area contributed by atoms with Crippen LogP contribution in [0.5, 0.6) is 5.75 Å². The van der Waals surface area contributed by atoms with E-state index in [0.717, 1.165) is 36.3 Å². The Morgan fingerprint density at radius 3 is 2.80 bits per heavy atom. The van der Waals surface area contributed by atoms with Gasteiger partial charge in [0.05, 0.1) is 6.10 Å². The van der Waals surface area contributed by atoms with Crippen LogP contribution in [0.1, 0.15) is 41.5 Å². The Kier molecular flexibility index (Phi) is 5.38. The van der Waals surface area contributed by atoms with Gasteiger partial charge in [0.1, 0.15) is 11.9 Å². The molecule has 3 rings (SSSR count). The number of aliphatic hydroxyl groups excluding tert-OH is 1. The minimum Gasteiger partial charge on any atom is -0.488 e. The lowest BCUT2D eigenvalue weighted by molar-refractivity contribution is 0.0348. The number of benzene rings is 1. The number of hydrogen-bond acceptors (Lipinski definition) is 4. The van der Waals surface area contributed by atoms with Gasteiger partial charge in [0.15, 0.2) is 5.69 Å². The van der Waals surface area contributed by atoms with Gasteiger partial charge in [-0.2, -0.15) is 5.10 Å². The molecule has 25 heavy (non-hydrogen) atoms. The molecule has 1 fully saturated rings. The smallest absolute Gasteiger partial charge is 0.272 e. The number of H-pyrrole nitrogens is 1. The molecule has 0 unspecified atom stereocenters. The normalized spacial score (nSPS) is 22.8. The van der Waals surface area contributed by atoms with E-state index in [1.165, 1.54) is 0 Å². The monoisotopic (exact) mass is 343 g/mol. The van der Waals surface area contributed by atoms with Crippen molar-refractivity contribution in [2.45, 2.75) is 45.3 Å². The molecule has 2 aromatic rings. The Bertz CT molecular complexity index is 714. The lowest BCUT2D eigenvalue weighted by atomic mass is 10.1. The van der Waals surface area contributed by atoms with Crippen LogP contribution in [0, 0.1) is 12.8 Å². The van der Waals surface area contributed by atoms with Crippen LogP contribution >= 0.6 is 0 Å². The van der Waals surface area contributed by atoms with Crippen LogP contribution in [0.4, 0.5) is 0 Å². The number of para-hydroxylation sites is 1. The highest BCUT2D eigenvalue weighted by molar-refractivity contribution is 5.93. The summed E-state index contributed by atoms with van der Waals surface area (Å²) in [4.78, 5) is 12.3. The van der Waals surface area contributed by atoms with E-state index in [9.17, 15) is 9.90 Å². The van der Waals surface area contributed by atoms with E-state index in [0.29, 0.717) is 12.2 Å². The molecule has 3 atom stereocenters. The van der Waals surface area contributed by atoms with E-state index in [2.05, 4.69) is 15.5 Å². The van der Waals surface area contributed by atoms with Crippen LogP contribution in [0.15, 0.2) is 30.3 Å². The number of carbonyl (C=O) groups excluding carboxylic acids is 1. The second-order valence-electron chi connectivity index (χ2n) is 6.54. The number of aryl methyl sites for hydroxylation is 1. The molecular formula is C19H25N3O3. The number of nitrogens with one attached hydrogen (secondary N) is 2.